The molecule has 0 unspecified atom stereocenters. The lowest BCUT2D eigenvalue weighted by Gasteiger charge is -2.24. The number of nitrogens with two attached hydrogens (primary N) is 3. The maximum Gasteiger partial charge on any atom is 0.323 e. The topological polar surface area (TPSA) is 174 Å². The molecule has 11 heteroatoms. The van der Waals surface area contributed by atoms with Crippen LogP contribution < -0.4 is 33.2 Å². The van der Waals surface area contributed by atoms with E-state index in [1.165, 1.54) is 0 Å². The maximum atomic E-state index is 12.6. The van der Waals surface area contributed by atoms with Crippen molar-refractivity contribution in [2.75, 3.05) is 28.2 Å². The summed E-state index contributed by atoms with van der Waals surface area (Å²) in [5.74, 6) is -0.304. The van der Waals surface area contributed by atoms with Gasteiger partial charge in [0.1, 0.15) is 9.71 Å². The van der Waals surface area contributed by atoms with Gasteiger partial charge in [0.05, 0.1) is 16.8 Å². The molecule has 4 aromatic rings. The van der Waals surface area contributed by atoms with E-state index in [9.17, 15) is 9.59 Å². The summed E-state index contributed by atoms with van der Waals surface area (Å²) in [6.07, 6.45) is 0. The predicted octanol–water partition coefficient (Wildman–Crippen LogP) is 4.14. The standard InChI is InChI=1S/C25H28N8O2S/c1-13-7-9-15(10-8-13)29-24(35)30-16-6-4-5-14(11-16)19-17-18(27)20(21(28)34)36-22(17)32-23(31-19)33-25(2,3)12-26/h4-11H,12,26-27H2,1-3H3,(H2,28,34)(H2,29,30,35)(H,31,32,33). The molecule has 0 atom stereocenters. The number of fused-ring (bicyclic) bond motifs is 1. The van der Waals surface area contributed by atoms with Crippen LogP contribution in [0.5, 0.6) is 0 Å². The highest BCUT2D eigenvalue weighted by molar-refractivity contribution is 7.21. The monoisotopic (exact) mass is 504 g/mol. The van der Waals surface area contributed by atoms with Crippen LogP contribution in [-0.2, 0) is 0 Å². The largest absolute Gasteiger partial charge is 0.397 e. The van der Waals surface area contributed by atoms with Gasteiger partial charge in [0, 0.05) is 29.0 Å². The number of benzene rings is 2. The molecule has 10 nitrogen and oxygen atoms in total. The fraction of sp³-hybridized carbons (Fsp3) is 0.200. The Morgan fingerprint density at radius 1 is 1.03 bits per heavy atom. The first kappa shape index (κ1) is 24.9. The van der Waals surface area contributed by atoms with E-state index in [-0.39, 0.29) is 16.6 Å². The number of carbonyl (C=O) groups excluding carboxylic acids is 2. The van der Waals surface area contributed by atoms with Crippen molar-refractivity contribution in [1.29, 1.82) is 0 Å². The Morgan fingerprint density at radius 2 is 1.72 bits per heavy atom. The molecule has 36 heavy (non-hydrogen) atoms. The molecule has 3 amide bonds. The van der Waals surface area contributed by atoms with Crippen LogP contribution >= 0.6 is 11.3 Å². The van der Waals surface area contributed by atoms with Crippen molar-refractivity contribution >= 4 is 56.5 Å². The number of aromatic nitrogens is 2. The second-order valence-electron chi connectivity index (χ2n) is 9.02. The molecule has 2 aromatic heterocycles. The predicted molar refractivity (Wildman–Crippen MR) is 146 cm³/mol. The molecule has 0 saturated heterocycles. The molecule has 0 aliphatic carbocycles. The summed E-state index contributed by atoms with van der Waals surface area (Å²) in [6, 6.07) is 14.3. The second kappa shape index (κ2) is 9.80. The maximum absolute atomic E-state index is 12.6. The van der Waals surface area contributed by atoms with E-state index < -0.39 is 11.4 Å². The van der Waals surface area contributed by atoms with Gasteiger partial charge in [-0.25, -0.2) is 14.8 Å². The summed E-state index contributed by atoms with van der Waals surface area (Å²) >= 11 is 1.10. The molecule has 186 valence electrons. The normalized spacial score (nSPS) is 11.3. The molecule has 0 spiro atoms. The number of nitrogen functional groups attached to an aromatic ring is 1. The van der Waals surface area contributed by atoms with Gasteiger partial charge in [0.15, 0.2) is 0 Å². The zero-order valence-corrected chi connectivity index (χ0v) is 21.0. The number of nitrogens with one attached hydrogen (secondary N) is 3. The van der Waals surface area contributed by atoms with Crippen molar-refractivity contribution in [3.8, 4) is 11.3 Å². The average molecular weight is 505 g/mol. The van der Waals surface area contributed by atoms with Crippen molar-refractivity contribution in [2.24, 2.45) is 11.5 Å². The van der Waals surface area contributed by atoms with Crippen molar-refractivity contribution < 1.29 is 9.59 Å². The van der Waals surface area contributed by atoms with Crippen molar-refractivity contribution in [3.63, 3.8) is 0 Å². The van der Waals surface area contributed by atoms with Crippen LogP contribution in [-0.4, -0.2) is 34.0 Å². The van der Waals surface area contributed by atoms with Gasteiger partial charge in [-0.05, 0) is 45.0 Å². The number of rotatable bonds is 7. The fourth-order valence-corrected chi connectivity index (χ4v) is 4.44. The van der Waals surface area contributed by atoms with E-state index in [0.717, 1.165) is 16.9 Å². The van der Waals surface area contributed by atoms with Crippen LogP contribution in [0.1, 0.15) is 29.1 Å². The minimum Gasteiger partial charge on any atom is -0.397 e. The Kier molecular flexibility index (Phi) is 6.77. The summed E-state index contributed by atoms with van der Waals surface area (Å²) in [4.78, 5) is 34.5. The van der Waals surface area contributed by atoms with Gasteiger partial charge in [-0.1, -0.05) is 29.8 Å². The number of amides is 3. The van der Waals surface area contributed by atoms with Crippen molar-refractivity contribution in [1.82, 2.24) is 9.97 Å². The molecule has 2 aromatic carbocycles. The summed E-state index contributed by atoms with van der Waals surface area (Å²) in [6.45, 7) is 6.17. The summed E-state index contributed by atoms with van der Waals surface area (Å²) < 4.78 is 0. The molecule has 4 rings (SSSR count). The summed E-state index contributed by atoms with van der Waals surface area (Å²) in [5, 5.41) is 9.39. The van der Waals surface area contributed by atoms with Gasteiger partial charge in [0.2, 0.25) is 5.95 Å². The number of anilines is 4. The first-order valence-electron chi connectivity index (χ1n) is 11.2. The molecule has 0 bridgehead atoms. The lowest BCUT2D eigenvalue weighted by Crippen LogP contribution is -2.39. The Bertz CT molecular complexity index is 1450. The van der Waals surface area contributed by atoms with Crippen molar-refractivity contribution in [3.05, 3.63) is 59.0 Å². The smallest absolute Gasteiger partial charge is 0.323 e. The van der Waals surface area contributed by atoms with E-state index >= 15 is 0 Å². The zero-order chi connectivity index (χ0) is 26.0. The molecule has 0 fully saturated rings. The number of hydrogen-bond acceptors (Lipinski definition) is 8. The van der Waals surface area contributed by atoms with Crippen LogP contribution in [0, 0.1) is 6.92 Å². The van der Waals surface area contributed by atoms with Crippen LogP contribution in [0.25, 0.3) is 21.5 Å². The lowest BCUT2D eigenvalue weighted by molar-refractivity contribution is 0.100. The second-order valence-corrected chi connectivity index (χ2v) is 10.0. The van der Waals surface area contributed by atoms with E-state index in [4.69, 9.17) is 22.2 Å². The molecule has 0 saturated carbocycles. The van der Waals surface area contributed by atoms with Gasteiger partial charge in [-0.2, -0.15) is 0 Å². The van der Waals surface area contributed by atoms with Gasteiger partial charge < -0.3 is 33.2 Å². The van der Waals surface area contributed by atoms with Gasteiger partial charge in [0.25, 0.3) is 5.91 Å². The number of hydrogen-bond donors (Lipinski definition) is 6. The Hall–Kier alpha value is -4.22. The molecular weight excluding hydrogens is 476 g/mol. The highest BCUT2D eigenvalue weighted by Crippen LogP contribution is 2.39. The minimum atomic E-state index is -0.638. The summed E-state index contributed by atoms with van der Waals surface area (Å²) in [7, 11) is 0. The molecular formula is C25H28N8O2S. The number of aryl methyl sites for hydroxylation is 1. The van der Waals surface area contributed by atoms with Crippen LogP contribution in [0.15, 0.2) is 48.5 Å². The number of urea groups is 1. The highest BCUT2D eigenvalue weighted by atomic mass is 32.1. The van der Waals surface area contributed by atoms with Gasteiger partial charge >= 0.3 is 6.03 Å². The average Bonchev–Trinajstić information content (AvgIpc) is 3.16. The molecule has 0 radical (unpaired) electrons. The van der Waals surface area contributed by atoms with Crippen LogP contribution in [0.2, 0.25) is 0 Å². The Balaban J connectivity index is 1.72. The Labute approximate surface area is 212 Å². The highest BCUT2D eigenvalue weighted by Gasteiger charge is 2.23. The SMILES string of the molecule is Cc1ccc(NC(=O)Nc2cccc(-c3nc(NC(C)(C)CN)nc4sc(C(N)=O)c(N)c34)c2)cc1. The molecule has 2 heterocycles. The first-order valence-corrected chi connectivity index (χ1v) is 12.0. The third-order valence-corrected chi connectivity index (χ3v) is 6.59. The summed E-state index contributed by atoms with van der Waals surface area (Å²) in [5.41, 5.74) is 20.9. The van der Waals surface area contributed by atoms with E-state index in [2.05, 4.69) is 20.9 Å². The van der Waals surface area contributed by atoms with Gasteiger partial charge in [-0.3, -0.25) is 4.79 Å². The van der Waals surface area contributed by atoms with Crippen LogP contribution in [0.4, 0.5) is 27.8 Å². The quantitative estimate of drug-likeness (QED) is 0.219. The number of carbonyl (C=O) groups is 2. The van der Waals surface area contributed by atoms with Crippen molar-refractivity contribution in [2.45, 2.75) is 26.3 Å². The first-order chi connectivity index (χ1) is 17.1. The van der Waals surface area contributed by atoms with Crippen LogP contribution in [0.3, 0.4) is 0 Å². The number of nitrogens with zero attached hydrogens (tertiary/aromatic N) is 2. The van der Waals surface area contributed by atoms with E-state index in [0.29, 0.717) is 45.3 Å². The number of thiophene rings is 1. The fourth-order valence-electron chi connectivity index (χ4n) is 3.50. The van der Waals surface area contributed by atoms with Gasteiger partial charge in [-0.15, -0.1) is 11.3 Å². The third kappa shape index (κ3) is 5.37. The lowest BCUT2D eigenvalue weighted by atomic mass is 10.1. The number of primary amides is 1. The minimum absolute atomic E-state index is 0.211. The molecule has 9 N–H and O–H groups in total. The Morgan fingerprint density at radius 3 is 2.39 bits per heavy atom. The molecule has 0 aliphatic heterocycles. The third-order valence-electron chi connectivity index (χ3n) is 5.48. The van der Waals surface area contributed by atoms with E-state index in [1.807, 2.05) is 51.1 Å². The molecule has 0 aliphatic rings. The van der Waals surface area contributed by atoms with E-state index in [1.54, 1.807) is 18.2 Å². The zero-order valence-electron chi connectivity index (χ0n) is 20.2.